The summed E-state index contributed by atoms with van der Waals surface area (Å²) < 4.78 is 31.5. The third kappa shape index (κ3) is 5.49. The molecule has 0 saturated carbocycles. The zero-order valence-corrected chi connectivity index (χ0v) is 19.1. The number of aliphatic hydroxyl groups excluding tert-OH is 1. The summed E-state index contributed by atoms with van der Waals surface area (Å²) in [7, 11) is 0. The number of ketones is 1. The first-order valence-corrected chi connectivity index (χ1v) is 11.9. The van der Waals surface area contributed by atoms with E-state index in [1.54, 1.807) is 31.2 Å². The van der Waals surface area contributed by atoms with Gasteiger partial charge >= 0.3 is 0 Å². The molecule has 2 atom stereocenters. The first-order chi connectivity index (χ1) is 15.3. The van der Waals surface area contributed by atoms with Gasteiger partial charge in [0.15, 0.2) is 22.2 Å². The normalized spacial score (nSPS) is 18.0. The van der Waals surface area contributed by atoms with Gasteiger partial charge in [0.05, 0.1) is 11.3 Å². The van der Waals surface area contributed by atoms with E-state index in [9.17, 15) is 18.8 Å². The smallest absolute Gasteiger partial charge is 0.170 e. The molecule has 0 amide bonds. The molecule has 0 spiro atoms. The van der Waals surface area contributed by atoms with E-state index < -0.39 is 17.0 Å². The highest BCUT2D eigenvalue weighted by atomic mass is 32.2. The predicted molar refractivity (Wildman–Crippen MR) is 121 cm³/mol. The van der Waals surface area contributed by atoms with Crippen molar-refractivity contribution in [1.82, 2.24) is 0 Å². The van der Waals surface area contributed by atoms with Gasteiger partial charge in [-0.05, 0) is 60.3 Å². The van der Waals surface area contributed by atoms with Gasteiger partial charge in [0.1, 0.15) is 24.4 Å². The summed E-state index contributed by atoms with van der Waals surface area (Å²) in [4.78, 5) is 18.3. The number of carbonyl (C=O) groups is 1. The minimum absolute atomic E-state index is 0.00734. The molecule has 0 saturated heterocycles. The maximum absolute atomic E-state index is 14.3. The van der Waals surface area contributed by atoms with Crippen molar-refractivity contribution >= 4 is 22.7 Å². The van der Waals surface area contributed by atoms with Crippen LogP contribution in [0.1, 0.15) is 44.6 Å². The van der Waals surface area contributed by atoms with Gasteiger partial charge in [-0.2, -0.15) is 0 Å². The summed E-state index contributed by atoms with van der Waals surface area (Å²) in [6, 6.07) is 11.2. The number of rotatable bonds is 8. The average Bonchev–Trinajstić information content (AvgIpc) is 2.77. The number of ether oxygens (including phenoxy) is 1. The summed E-state index contributed by atoms with van der Waals surface area (Å²) in [6.45, 7) is 4.02. The molecule has 2 aromatic rings. The van der Waals surface area contributed by atoms with Crippen molar-refractivity contribution in [1.29, 1.82) is 0 Å². The molecule has 0 aliphatic heterocycles. The van der Waals surface area contributed by atoms with E-state index in [0.29, 0.717) is 29.4 Å². The molecule has 6 nitrogen and oxygen atoms in total. The van der Waals surface area contributed by atoms with E-state index in [4.69, 9.17) is 9.57 Å². The van der Waals surface area contributed by atoms with Gasteiger partial charge in [0.25, 0.3) is 0 Å². The molecule has 0 bridgehead atoms. The Morgan fingerprint density at radius 1 is 1.25 bits per heavy atom. The molecular weight excluding hydrogens is 433 g/mol. The quantitative estimate of drug-likeness (QED) is 0.323. The first-order valence-electron chi connectivity index (χ1n) is 10.4. The van der Waals surface area contributed by atoms with Crippen LogP contribution in [0.5, 0.6) is 11.5 Å². The molecule has 1 aliphatic rings. The monoisotopic (exact) mass is 459 g/mol. The maximum Gasteiger partial charge on any atom is 0.170 e. The molecule has 0 heterocycles. The number of benzene rings is 2. The third-order valence-corrected chi connectivity index (χ3v) is 6.08. The van der Waals surface area contributed by atoms with Crippen LogP contribution in [0.4, 0.5) is 4.39 Å². The van der Waals surface area contributed by atoms with E-state index in [2.05, 4.69) is 5.16 Å². The van der Waals surface area contributed by atoms with Crippen LogP contribution in [0.3, 0.4) is 0 Å². The second-order valence-electron chi connectivity index (χ2n) is 7.38. The lowest BCUT2D eigenvalue weighted by Crippen LogP contribution is -2.23. The summed E-state index contributed by atoms with van der Waals surface area (Å²) in [5.74, 6) is -0.635. The topological polar surface area (TPSA) is 91.2 Å². The van der Waals surface area contributed by atoms with Gasteiger partial charge in [-0.25, -0.2) is 4.39 Å². The number of allylic oxidation sites excluding steroid dienone is 2. The Labute approximate surface area is 189 Å². The highest BCUT2D eigenvalue weighted by Gasteiger charge is 2.31. The van der Waals surface area contributed by atoms with Crippen molar-refractivity contribution in [3.8, 4) is 11.5 Å². The molecule has 1 N–H and O–H groups in total. The number of aliphatic hydroxyl groups is 1. The van der Waals surface area contributed by atoms with Crippen LogP contribution in [0.2, 0.25) is 0 Å². The van der Waals surface area contributed by atoms with E-state index in [1.165, 1.54) is 18.4 Å². The number of hydrogen-bond acceptors (Lipinski definition) is 6. The van der Waals surface area contributed by atoms with Crippen LogP contribution in [-0.2, 0) is 20.8 Å². The minimum atomic E-state index is -1.29. The standard InChI is InChI=1S/C24H26FNO5S/c1-4-20(26-30-5-2)24-21(27)12-16(13-22(24)28)15-7-6-8-17(11-15)31-23-10-9-18(32(3)29)14-19(23)25/h6-11,14,16,27H,4-5,12-13H2,1-3H3/b26-20-. The Bertz CT molecular complexity index is 1050. The second-order valence-corrected chi connectivity index (χ2v) is 8.76. The van der Waals surface area contributed by atoms with Crippen LogP contribution in [0, 0.1) is 5.82 Å². The lowest BCUT2D eigenvalue weighted by molar-refractivity contribution is -0.116. The number of nitrogens with zero attached hydrogens (tertiary/aromatic N) is 1. The van der Waals surface area contributed by atoms with Gasteiger partial charge in [-0.1, -0.05) is 24.2 Å². The number of halogens is 1. The molecule has 3 rings (SSSR count). The van der Waals surface area contributed by atoms with Crippen molar-refractivity contribution in [2.75, 3.05) is 12.9 Å². The third-order valence-electron chi connectivity index (χ3n) is 5.16. The van der Waals surface area contributed by atoms with Gasteiger partial charge in [-0.3, -0.25) is 4.79 Å². The summed E-state index contributed by atoms with van der Waals surface area (Å²) in [5.41, 5.74) is 1.48. The lowest BCUT2D eigenvalue weighted by atomic mass is 9.81. The van der Waals surface area contributed by atoms with Crippen LogP contribution >= 0.6 is 0 Å². The number of Topliss-reactive ketones (excluding diaryl/α,β-unsaturated/α-hetero) is 1. The average molecular weight is 460 g/mol. The summed E-state index contributed by atoms with van der Waals surface area (Å²) >= 11 is -1.29. The zero-order chi connectivity index (χ0) is 23.3. The van der Waals surface area contributed by atoms with E-state index in [-0.39, 0.29) is 41.6 Å². The fourth-order valence-electron chi connectivity index (χ4n) is 3.59. The van der Waals surface area contributed by atoms with Crippen LogP contribution < -0.4 is 4.74 Å². The fourth-order valence-corrected chi connectivity index (χ4v) is 4.12. The van der Waals surface area contributed by atoms with Crippen molar-refractivity contribution in [3.05, 3.63) is 65.2 Å². The fraction of sp³-hybridized carbons (Fsp3) is 0.333. The first kappa shape index (κ1) is 23.8. The van der Waals surface area contributed by atoms with Gasteiger partial charge in [0.2, 0.25) is 0 Å². The van der Waals surface area contributed by atoms with E-state index in [1.807, 2.05) is 13.0 Å². The Morgan fingerprint density at radius 2 is 2.03 bits per heavy atom. The van der Waals surface area contributed by atoms with Crippen LogP contribution in [0.15, 0.2) is 63.8 Å². The number of hydrogen-bond donors (Lipinski definition) is 1. The molecule has 2 aromatic carbocycles. The second kappa shape index (κ2) is 10.7. The largest absolute Gasteiger partial charge is 0.612 e. The van der Waals surface area contributed by atoms with Gasteiger partial charge in [-0.15, -0.1) is 0 Å². The molecule has 0 radical (unpaired) electrons. The lowest BCUT2D eigenvalue weighted by Gasteiger charge is -2.24. The molecule has 8 heteroatoms. The number of oxime groups is 1. The minimum Gasteiger partial charge on any atom is -0.612 e. The molecule has 170 valence electrons. The van der Waals surface area contributed by atoms with Gasteiger partial charge in [0, 0.05) is 18.9 Å². The Morgan fingerprint density at radius 3 is 2.66 bits per heavy atom. The van der Waals surface area contributed by atoms with Crippen LogP contribution in [0.25, 0.3) is 0 Å². The SMILES string of the molecule is CCO/N=C(/CC)C1=C(O)CC(c2cccc(Oc3ccc([S+](C)[O-])cc3F)c2)CC1=O. The highest BCUT2D eigenvalue weighted by Crippen LogP contribution is 2.36. The summed E-state index contributed by atoms with van der Waals surface area (Å²) in [5, 5.41) is 14.6. The van der Waals surface area contributed by atoms with Crippen molar-refractivity contribution < 1.29 is 28.4 Å². The zero-order valence-electron chi connectivity index (χ0n) is 18.3. The number of carbonyl (C=O) groups excluding carboxylic acids is 1. The maximum atomic E-state index is 14.3. The predicted octanol–water partition coefficient (Wildman–Crippen LogP) is 5.42. The van der Waals surface area contributed by atoms with Gasteiger partial charge < -0.3 is 19.2 Å². The van der Waals surface area contributed by atoms with Crippen molar-refractivity contribution in [2.24, 2.45) is 5.16 Å². The highest BCUT2D eigenvalue weighted by molar-refractivity contribution is 7.90. The molecular formula is C24H26FNO5S. The summed E-state index contributed by atoms with van der Waals surface area (Å²) in [6.07, 6.45) is 2.43. The molecule has 1 aliphatic carbocycles. The molecule has 0 aromatic heterocycles. The molecule has 0 fully saturated rings. The molecule has 2 unspecified atom stereocenters. The van der Waals surface area contributed by atoms with E-state index in [0.717, 1.165) is 5.56 Å². The van der Waals surface area contributed by atoms with Crippen molar-refractivity contribution in [2.45, 2.75) is 43.9 Å². The van der Waals surface area contributed by atoms with Crippen molar-refractivity contribution in [3.63, 3.8) is 0 Å². The Hall–Kier alpha value is -2.84. The van der Waals surface area contributed by atoms with E-state index >= 15 is 0 Å². The molecule has 32 heavy (non-hydrogen) atoms. The van der Waals surface area contributed by atoms with Crippen LogP contribution in [-0.4, -0.2) is 34.0 Å². The Kier molecular flexibility index (Phi) is 7.93. The Balaban J connectivity index is 1.81.